The molecule has 1 N–H and O–H groups in total. The van der Waals surface area contributed by atoms with Gasteiger partial charge in [-0.15, -0.1) is 23.1 Å². The molecule has 2 heterocycles. The van der Waals surface area contributed by atoms with Crippen LogP contribution in [-0.4, -0.2) is 34.2 Å². The fourth-order valence-electron chi connectivity index (χ4n) is 2.25. The Morgan fingerprint density at radius 1 is 1.35 bits per heavy atom. The van der Waals surface area contributed by atoms with Crippen LogP contribution in [-0.2, 0) is 10.5 Å². The number of carbonyl (C=O) groups is 1. The summed E-state index contributed by atoms with van der Waals surface area (Å²) in [6.45, 7) is 2.90. The lowest BCUT2D eigenvalue weighted by Gasteiger charge is -2.08. The van der Waals surface area contributed by atoms with Crippen LogP contribution in [0.1, 0.15) is 11.3 Å². The normalized spacial score (nSPS) is 10.8. The molecule has 136 valence electrons. The predicted octanol–water partition coefficient (Wildman–Crippen LogP) is 2.49. The molecule has 3 aromatic rings. The lowest BCUT2D eigenvalue weighted by Crippen LogP contribution is -2.29. The monoisotopic (exact) mass is 389 g/mol. The topological polar surface area (TPSA) is 72.7 Å². The zero-order valence-electron chi connectivity index (χ0n) is 14.3. The van der Waals surface area contributed by atoms with Crippen molar-refractivity contribution in [2.45, 2.75) is 12.7 Å². The molecule has 1 aromatic carbocycles. The average molecular weight is 390 g/mol. The number of nitrogens with one attached hydrogen (secondary N) is 1. The van der Waals surface area contributed by atoms with Crippen molar-refractivity contribution in [2.24, 2.45) is 0 Å². The first kappa shape index (κ1) is 18.5. The molecule has 0 aliphatic heterocycles. The highest BCUT2D eigenvalue weighted by Gasteiger charge is 2.06. The van der Waals surface area contributed by atoms with Crippen molar-refractivity contribution >= 4 is 34.0 Å². The van der Waals surface area contributed by atoms with Gasteiger partial charge in [0.25, 0.3) is 5.56 Å². The minimum absolute atomic E-state index is 0.0589. The van der Waals surface area contributed by atoms with Gasteiger partial charge < -0.3 is 10.1 Å². The van der Waals surface area contributed by atoms with Crippen molar-refractivity contribution in [1.82, 2.24) is 14.7 Å². The van der Waals surface area contributed by atoms with Crippen LogP contribution in [0, 0.1) is 6.92 Å². The van der Waals surface area contributed by atoms with Crippen LogP contribution >= 0.6 is 23.1 Å². The molecule has 0 saturated carbocycles. The molecule has 0 saturated heterocycles. The van der Waals surface area contributed by atoms with Gasteiger partial charge in [-0.1, -0.05) is 17.7 Å². The van der Waals surface area contributed by atoms with Crippen molar-refractivity contribution in [1.29, 1.82) is 0 Å². The lowest BCUT2D eigenvalue weighted by atomic mass is 10.2. The van der Waals surface area contributed by atoms with Gasteiger partial charge >= 0.3 is 0 Å². The molecule has 0 unspecified atom stereocenters. The fraction of sp³-hybridized carbons (Fsp3) is 0.278. The van der Waals surface area contributed by atoms with E-state index in [2.05, 4.69) is 10.3 Å². The first-order valence-corrected chi connectivity index (χ1v) is 10.1. The number of amides is 1. The molecule has 1 amide bonds. The number of hydrogen-bond acceptors (Lipinski definition) is 6. The second-order valence-electron chi connectivity index (χ2n) is 5.65. The maximum Gasteiger partial charge on any atom is 0.258 e. The third kappa shape index (κ3) is 5.09. The number of carbonyl (C=O) groups excluding carboxylic acids is 1. The molecule has 6 nitrogen and oxygen atoms in total. The van der Waals surface area contributed by atoms with E-state index in [-0.39, 0.29) is 11.5 Å². The van der Waals surface area contributed by atoms with E-state index in [9.17, 15) is 9.59 Å². The summed E-state index contributed by atoms with van der Waals surface area (Å²) in [5.41, 5.74) is 1.78. The number of fused-ring (bicyclic) bond motifs is 1. The number of ether oxygens (including phenoxy) is 1. The van der Waals surface area contributed by atoms with Gasteiger partial charge in [-0.25, -0.2) is 4.98 Å². The van der Waals surface area contributed by atoms with E-state index in [1.54, 1.807) is 6.20 Å². The Bertz CT molecular complexity index is 935. The maximum absolute atomic E-state index is 11.9. The zero-order valence-corrected chi connectivity index (χ0v) is 15.9. The van der Waals surface area contributed by atoms with E-state index in [1.807, 2.05) is 36.6 Å². The van der Waals surface area contributed by atoms with Crippen LogP contribution in [0.4, 0.5) is 0 Å². The second kappa shape index (κ2) is 8.86. The van der Waals surface area contributed by atoms with E-state index in [0.29, 0.717) is 35.3 Å². The number of aryl methyl sites for hydroxylation is 1. The Kier molecular flexibility index (Phi) is 6.30. The fourth-order valence-corrected chi connectivity index (χ4v) is 3.74. The maximum atomic E-state index is 11.9. The Balaban J connectivity index is 1.36. The predicted molar refractivity (Wildman–Crippen MR) is 105 cm³/mol. The molecule has 0 aliphatic carbocycles. The number of thioether (sulfide) groups is 1. The van der Waals surface area contributed by atoms with Gasteiger partial charge in [0.15, 0.2) is 4.96 Å². The number of benzene rings is 1. The smallest absolute Gasteiger partial charge is 0.258 e. The van der Waals surface area contributed by atoms with Gasteiger partial charge in [0.2, 0.25) is 5.91 Å². The van der Waals surface area contributed by atoms with Crippen LogP contribution in [0.2, 0.25) is 0 Å². The van der Waals surface area contributed by atoms with Crippen LogP contribution < -0.4 is 15.6 Å². The molecule has 0 atom stereocenters. The van der Waals surface area contributed by atoms with E-state index < -0.39 is 0 Å². The SMILES string of the molecule is Cc1ccc(OCCNC(=O)CSCc2cc(=O)n3ccsc3n2)cc1. The van der Waals surface area contributed by atoms with E-state index in [4.69, 9.17) is 4.74 Å². The summed E-state index contributed by atoms with van der Waals surface area (Å²) in [5, 5.41) is 4.64. The number of aromatic nitrogens is 2. The average Bonchev–Trinajstić information content (AvgIpc) is 3.09. The molecule has 2 aromatic heterocycles. The minimum atomic E-state index is -0.0930. The molecular weight excluding hydrogens is 370 g/mol. The number of thiazole rings is 1. The van der Waals surface area contributed by atoms with Crippen LogP contribution in [0.25, 0.3) is 4.96 Å². The van der Waals surface area contributed by atoms with Gasteiger partial charge in [0, 0.05) is 23.4 Å². The molecule has 0 radical (unpaired) electrons. The van der Waals surface area contributed by atoms with Crippen molar-refractivity contribution in [3.8, 4) is 5.75 Å². The lowest BCUT2D eigenvalue weighted by molar-refractivity contribution is -0.118. The summed E-state index contributed by atoms with van der Waals surface area (Å²) in [6.07, 6.45) is 1.71. The molecular formula is C18H19N3O3S2. The summed E-state index contributed by atoms with van der Waals surface area (Å²) >= 11 is 2.85. The van der Waals surface area contributed by atoms with Gasteiger partial charge in [0.1, 0.15) is 12.4 Å². The minimum Gasteiger partial charge on any atom is -0.492 e. The Hall–Kier alpha value is -2.32. The third-order valence-electron chi connectivity index (χ3n) is 3.55. The van der Waals surface area contributed by atoms with Gasteiger partial charge in [0.05, 0.1) is 18.0 Å². The van der Waals surface area contributed by atoms with Crippen molar-refractivity contribution in [2.75, 3.05) is 18.9 Å². The zero-order chi connectivity index (χ0) is 18.4. The molecule has 0 fully saturated rings. The second-order valence-corrected chi connectivity index (χ2v) is 7.50. The van der Waals surface area contributed by atoms with Crippen molar-refractivity contribution < 1.29 is 9.53 Å². The number of rotatable bonds is 8. The first-order chi connectivity index (χ1) is 12.6. The van der Waals surface area contributed by atoms with E-state index in [1.165, 1.54) is 39.1 Å². The summed E-state index contributed by atoms with van der Waals surface area (Å²) in [4.78, 5) is 28.8. The third-order valence-corrected chi connectivity index (χ3v) is 5.28. The van der Waals surface area contributed by atoms with Crippen LogP contribution in [0.15, 0.2) is 46.7 Å². The highest BCUT2D eigenvalue weighted by molar-refractivity contribution is 7.99. The van der Waals surface area contributed by atoms with Crippen LogP contribution in [0.5, 0.6) is 5.75 Å². The summed E-state index contributed by atoms with van der Waals surface area (Å²) in [5.74, 6) is 1.57. The van der Waals surface area contributed by atoms with Gasteiger partial charge in [-0.05, 0) is 19.1 Å². The van der Waals surface area contributed by atoms with Crippen molar-refractivity contribution in [3.63, 3.8) is 0 Å². The molecule has 8 heteroatoms. The summed E-state index contributed by atoms with van der Waals surface area (Å²) in [6, 6.07) is 9.30. The number of hydrogen-bond donors (Lipinski definition) is 1. The highest BCUT2D eigenvalue weighted by atomic mass is 32.2. The van der Waals surface area contributed by atoms with Crippen molar-refractivity contribution in [3.05, 3.63) is 63.5 Å². The number of nitrogens with zero attached hydrogens (tertiary/aromatic N) is 2. The molecule has 0 aliphatic rings. The van der Waals surface area contributed by atoms with Gasteiger partial charge in [-0.3, -0.25) is 14.0 Å². The Morgan fingerprint density at radius 3 is 2.96 bits per heavy atom. The first-order valence-electron chi connectivity index (χ1n) is 8.11. The summed E-state index contributed by atoms with van der Waals surface area (Å²) < 4.78 is 7.08. The van der Waals surface area contributed by atoms with E-state index >= 15 is 0 Å². The van der Waals surface area contributed by atoms with E-state index in [0.717, 1.165) is 5.75 Å². The Labute approximate surface area is 159 Å². The largest absolute Gasteiger partial charge is 0.492 e. The highest BCUT2D eigenvalue weighted by Crippen LogP contribution is 2.12. The Morgan fingerprint density at radius 2 is 2.15 bits per heavy atom. The van der Waals surface area contributed by atoms with Gasteiger partial charge in [-0.2, -0.15) is 0 Å². The molecule has 3 rings (SSSR count). The quantitative estimate of drug-likeness (QED) is 0.599. The summed E-state index contributed by atoms with van der Waals surface area (Å²) in [7, 11) is 0. The standard InChI is InChI=1S/C18H19N3O3S2/c1-13-2-4-15(5-3-13)24-8-6-19-16(22)12-25-11-14-10-17(23)21-7-9-26-18(21)20-14/h2-5,7,9-10H,6,8,11-12H2,1H3,(H,19,22). The molecule has 0 bridgehead atoms. The molecule has 0 spiro atoms. The molecule has 26 heavy (non-hydrogen) atoms. The van der Waals surface area contributed by atoms with Crippen LogP contribution in [0.3, 0.4) is 0 Å².